The van der Waals surface area contributed by atoms with Crippen molar-refractivity contribution in [3.05, 3.63) is 0 Å². The molecule has 0 radical (unpaired) electrons. The topological polar surface area (TPSA) is 176 Å². The van der Waals surface area contributed by atoms with E-state index in [-0.39, 0.29) is 19.8 Å². The zero-order valence-corrected chi connectivity index (χ0v) is 11.7. The molecule has 0 aliphatic heterocycles. The van der Waals surface area contributed by atoms with Crippen LogP contribution in [0.15, 0.2) is 0 Å². The van der Waals surface area contributed by atoms with E-state index in [1.54, 1.807) is 6.92 Å². The highest BCUT2D eigenvalue weighted by Crippen LogP contribution is 2.10. The van der Waals surface area contributed by atoms with Gasteiger partial charge >= 0.3 is 11.9 Å². The molecule has 9 nitrogen and oxygen atoms in total. The van der Waals surface area contributed by atoms with E-state index in [2.05, 4.69) is 0 Å². The lowest BCUT2D eigenvalue weighted by Gasteiger charge is -2.20. The molecule has 0 fully saturated rings. The predicted molar refractivity (Wildman–Crippen MR) is 68.0 cm³/mol. The summed E-state index contributed by atoms with van der Waals surface area (Å²) in [5.41, 5.74) is -0.708. The van der Waals surface area contributed by atoms with Crippen LogP contribution in [0.4, 0.5) is 0 Å². The summed E-state index contributed by atoms with van der Waals surface area (Å²) in [5.74, 6) is -2.37. The molecule has 0 saturated carbocycles. The average molecular weight is 300 g/mol. The van der Waals surface area contributed by atoms with E-state index in [0.717, 1.165) is 0 Å². The van der Waals surface area contributed by atoms with Crippen molar-refractivity contribution in [1.29, 1.82) is 0 Å². The monoisotopic (exact) mass is 300 g/mol. The Kier molecular flexibility index (Phi) is 15.2. The highest BCUT2D eigenvalue weighted by molar-refractivity contribution is 5.71. The van der Waals surface area contributed by atoms with Crippen molar-refractivity contribution in [2.24, 2.45) is 5.41 Å². The van der Waals surface area contributed by atoms with Crippen LogP contribution in [0.25, 0.3) is 0 Å². The summed E-state index contributed by atoms with van der Waals surface area (Å²) in [4.78, 5) is 18.9. The van der Waals surface area contributed by atoms with Gasteiger partial charge in [0, 0.05) is 5.41 Å². The first-order valence-electron chi connectivity index (χ1n) is 5.61. The summed E-state index contributed by atoms with van der Waals surface area (Å²) in [5, 5.41) is 56.9. The molecule has 0 saturated heterocycles. The van der Waals surface area contributed by atoms with Gasteiger partial charge in [-0.25, -0.2) is 9.59 Å². The fourth-order valence-corrected chi connectivity index (χ4v) is 0.150. The smallest absolute Gasteiger partial charge is 0.332 e. The van der Waals surface area contributed by atoms with Crippen LogP contribution in [-0.4, -0.2) is 79.7 Å². The van der Waals surface area contributed by atoms with Gasteiger partial charge in [0.1, 0.15) is 12.2 Å². The molecular weight excluding hydrogens is 276 g/mol. The van der Waals surface area contributed by atoms with Gasteiger partial charge in [0.25, 0.3) is 0 Å². The van der Waals surface area contributed by atoms with Crippen LogP contribution in [0.1, 0.15) is 20.8 Å². The van der Waals surface area contributed by atoms with E-state index in [1.807, 2.05) is 0 Å². The number of aliphatic carboxylic acids is 2. The van der Waals surface area contributed by atoms with Crippen molar-refractivity contribution in [3.63, 3.8) is 0 Å². The standard InChI is InChI=1S/C5H12O3.2C3H6O3/c1-5(2-6,3-7)4-8;2*1-2(4)3(5)6/h6-8H,2-4H2,1H3;2*2,4H,1H3,(H,5,6). The van der Waals surface area contributed by atoms with E-state index in [4.69, 9.17) is 35.7 Å². The number of aliphatic hydroxyl groups is 5. The molecular formula is C11H24O9. The Labute approximate surface area is 116 Å². The summed E-state index contributed by atoms with van der Waals surface area (Å²) in [6.45, 7) is 3.46. The van der Waals surface area contributed by atoms with Gasteiger partial charge in [-0.2, -0.15) is 0 Å². The van der Waals surface area contributed by atoms with Crippen LogP contribution < -0.4 is 0 Å². The van der Waals surface area contributed by atoms with E-state index >= 15 is 0 Å². The van der Waals surface area contributed by atoms with Gasteiger partial charge in [0.2, 0.25) is 0 Å². The number of aliphatic hydroxyl groups excluding tert-OH is 5. The highest BCUT2D eigenvalue weighted by Gasteiger charge is 2.20. The minimum Gasteiger partial charge on any atom is -0.479 e. The molecule has 9 heteroatoms. The molecule has 0 spiro atoms. The molecule has 7 N–H and O–H groups in total. The summed E-state index contributed by atoms with van der Waals surface area (Å²) in [6.07, 6.45) is -2.46. The van der Waals surface area contributed by atoms with Crippen molar-refractivity contribution < 1.29 is 45.3 Å². The molecule has 0 amide bonds. The minimum absolute atomic E-state index is 0.181. The summed E-state index contributed by atoms with van der Waals surface area (Å²) >= 11 is 0. The Morgan fingerprint density at radius 2 is 1.00 bits per heavy atom. The Hall–Kier alpha value is -1.26. The summed E-state index contributed by atoms with van der Waals surface area (Å²) < 4.78 is 0. The maximum absolute atomic E-state index is 9.45. The lowest BCUT2D eigenvalue weighted by Crippen LogP contribution is -2.29. The average Bonchev–Trinajstić information content (AvgIpc) is 2.39. The largest absolute Gasteiger partial charge is 0.479 e. The van der Waals surface area contributed by atoms with Gasteiger partial charge in [-0.05, 0) is 13.8 Å². The molecule has 0 rings (SSSR count). The van der Waals surface area contributed by atoms with Crippen LogP contribution >= 0.6 is 0 Å². The van der Waals surface area contributed by atoms with Crippen LogP contribution in [0.2, 0.25) is 0 Å². The molecule has 0 aliphatic carbocycles. The first kappa shape index (κ1) is 23.8. The quantitative estimate of drug-likeness (QED) is 0.299. The SMILES string of the molecule is CC(CO)(CO)CO.CC(O)C(=O)O.CC(O)C(=O)O. The van der Waals surface area contributed by atoms with E-state index in [0.29, 0.717) is 0 Å². The van der Waals surface area contributed by atoms with Crippen molar-refractivity contribution in [2.75, 3.05) is 19.8 Å². The van der Waals surface area contributed by atoms with E-state index in [9.17, 15) is 9.59 Å². The molecule has 0 heterocycles. The second kappa shape index (κ2) is 12.8. The Morgan fingerprint density at radius 1 is 0.850 bits per heavy atom. The van der Waals surface area contributed by atoms with Gasteiger partial charge in [-0.1, -0.05) is 6.92 Å². The number of hydrogen-bond donors (Lipinski definition) is 7. The molecule has 0 aromatic heterocycles. The van der Waals surface area contributed by atoms with Crippen LogP contribution in [0.5, 0.6) is 0 Å². The van der Waals surface area contributed by atoms with Crippen LogP contribution in [0, 0.1) is 5.41 Å². The van der Waals surface area contributed by atoms with Crippen molar-refractivity contribution >= 4 is 11.9 Å². The molecule has 0 bridgehead atoms. The number of hydrogen-bond acceptors (Lipinski definition) is 7. The predicted octanol–water partition coefficient (Wildman–Crippen LogP) is -2.13. The first-order chi connectivity index (χ1) is 8.97. The maximum Gasteiger partial charge on any atom is 0.332 e. The third kappa shape index (κ3) is 16.7. The Bertz CT molecular complexity index is 232. The zero-order chi connectivity index (χ0) is 16.9. The van der Waals surface area contributed by atoms with Crippen molar-refractivity contribution in [1.82, 2.24) is 0 Å². The lowest BCUT2D eigenvalue weighted by molar-refractivity contribution is -0.146. The van der Waals surface area contributed by atoms with Gasteiger partial charge in [0.05, 0.1) is 19.8 Å². The highest BCUT2D eigenvalue weighted by atomic mass is 16.4. The molecule has 0 aliphatic rings. The van der Waals surface area contributed by atoms with Gasteiger partial charge in [-0.3, -0.25) is 0 Å². The van der Waals surface area contributed by atoms with Crippen LogP contribution in [0.3, 0.4) is 0 Å². The normalized spacial score (nSPS) is 13.0. The Morgan fingerprint density at radius 3 is 1.00 bits per heavy atom. The molecule has 20 heavy (non-hydrogen) atoms. The molecule has 2 unspecified atom stereocenters. The second-order valence-electron chi connectivity index (χ2n) is 4.31. The molecule has 2 atom stereocenters. The second-order valence-corrected chi connectivity index (χ2v) is 4.31. The number of carboxylic acids is 2. The molecule has 0 aromatic rings. The first-order valence-corrected chi connectivity index (χ1v) is 5.61. The summed E-state index contributed by atoms with van der Waals surface area (Å²) in [7, 11) is 0. The fraction of sp³-hybridized carbons (Fsp3) is 0.818. The van der Waals surface area contributed by atoms with Gasteiger partial charge < -0.3 is 35.7 Å². The number of carbonyl (C=O) groups is 2. The van der Waals surface area contributed by atoms with Crippen molar-refractivity contribution in [3.8, 4) is 0 Å². The van der Waals surface area contributed by atoms with E-state index < -0.39 is 29.6 Å². The van der Waals surface area contributed by atoms with Crippen LogP contribution in [-0.2, 0) is 9.59 Å². The van der Waals surface area contributed by atoms with Crippen molar-refractivity contribution in [2.45, 2.75) is 33.0 Å². The third-order valence-electron chi connectivity index (χ3n) is 1.86. The Balaban J connectivity index is -0.000000221. The number of rotatable bonds is 5. The molecule has 122 valence electrons. The molecule has 0 aromatic carbocycles. The van der Waals surface area contributed by atoms with Gasteiger partial charge in [-0.15, -0.1) is 0 Å². The minimum atomic E-state index is -1.23. The van der Waals surface area contributed by atoms with Gasteiger partial charge in [0.15, 0.2) is 0 Å². The summed E-state index contributed by atoms with van der Waals surface area (Å²) in [6, 6.07) is 0. The fourth-order valence-electron chi connectivity index (χ4n) is 0.150. The van der Waals surface area contributed by atoms with E-state index in [1.165, 1.54) is 13.8 Å². The lowest BCUT2D eigenvalue weighted by atomic mass is 9.95. The maximum atomic E-state index is 9.45. The zero-order valence-electron chi connectivity index (χ0n) is 11.7. The third-order valence-corrected chi connectivity index (χ3v) is 1.86. The number of carboxylic acid groups (broad SMARTS) is 2.